The maximum absolute atomic E-state index is 12.4. The molecule has 1 aromatic heterocycles. The number of carbonyl (C=O) groups excluding carboxylic acids is 2. The Hall–Kier alpha value is -2.84. The number of benzene rings is 2. The predicted octanol–water partition coefficient (Wildman–Crippen LogP) is 4.00. The number of hydrogen-bond donors (Lipinski definition) is 2. The number of nitrogens with one attached hydrogen (secondary N) is 2. The molecule has 0 spiro atoms. The van der Waals surface area contributed by atoms with Gasteiger partial charge in [-0.25, -0.2) is 0 Å². The van der Waals surface area contributed by atoms with Crippen LogP contribution in [0.2, 0.25) is 5.02 Å². The summed E-state index contributed by atoms with van der Waals surface area (Å²) in [5, 5.41) is 15.0. The van der Waals surface area contributed by atoms with Crippen LogP contribution in [0.5, 0.6) is 0 Å². The summed E-state index contributed by atoms with van der Waals surface area (Å²) >= 11 is 7.09. The molecule has 0 bridgehead atoms. The summed E-state index contributed by atoms with van der Waals surface area (Å²) in [6.45, 7) is 4.02. The van der Waals surface area contributed by atoms with E-state index in [-0.39, 0.29) is 24.0 Å². The fraction of sp³-hybridized carbons (Fsp3) is 0.238. The molecule has 30 heavy (non-hydrogen) atoms. The van der Waals surface area contributed by atoms with E-state index in [1.165, 1.54) is 17.3 Å². The Balaban J connectivity index is 1.53. The van der Waals surface area contributed by atoms with Crippen LogP contribution in [0.4, 0.5) is 11.4 Å². The number of aromatic nitrogens is 3. The van der Waals surface area contributed by atoms with Gasteiger partial charge in [-0.15, -0.1) is 10.2 Å². The Bertz CT molecular complexity index is 1070. The molecule has 0 radical (unpaired) electrons. The van der Waals surface area contributed by atoms with Crippen LogP contribution in [0.3, 0.4) is 0 Å². The molecule has 2 N–H and O–H groups in total. The second kappa shape index (κ2) is 9.77. The molecule has 1 heterocycles. The summed E-state index contributed by atoms with van der Waals surface area (Å²) in [7, 11) is 1.78. The van der Waals surface area contributed by atoms with Crippen LogP contribution < -0.4 is 10.6 Å². The van der Waals surface area contributed by atoms with Crippen molar-refractivity contribution in [2.75, 3.05) is 16.4 Å². The van der Waals surface area contributed by atoms with Crippen molar-refractivity contribution < 1.29 is 9.59 Å². The number of hydrogen-bond acceptors (Lipinski definition) is 5. The minimum absolute atomic E-state index is 0.0912. The monoisotopic (exact) mass is 443 g/mol. The van der Waals surface area contributed by atoms with Crippen molar-refractivity contribution in [1.82, 2.24) is 14.8 Å². The van der Waals surface area contributed by atoms with Crippen molar-refractivity contribution >= 4 is 46.6 Å². The van der Waals surface area contributed by atoms with Crippen LogP contribution in [-0.4, -0.2) is 32.3 Å². The number of amides is 2. The third-order valence-electron chi connectivity index (χ3n) is 4.49. The van der Waals surface area contributed by atoms with Gasteiger partial charge < -0.3 is 15.2 Å². The number of anilines is 2. The highest BCUT2D eigenvalue weighted by molar-refractivity contribution is 7.99. The predicted molar refractivity (Wildman–Crippen MR) is 120 cm³/mol. The molecule has 3 rings (SSSR count). The Morgan fingerprint density at radius 2 is 1.63 bits per heavy atom. The molecular weight excluding hydrogens is 422 g/mol. The smallest absolute Gasteiger partial charge is 0.234 e. The second-order valence-corrected chi connectivity index (χ2v) is 8.20. The van der Waals surface area contributed by atoms with E-state index in [0.29, 0.717) is 21.7 Å². The second-order valence-electron chi connectivity index (χ2n) is 6.83. The van der Waals surface area contributed by atoms with Crippen LogP contribution in [0.25, 0.3) is 0 Å². The topological polar surface area (TPSA) is 88.9 Å². The summed E-state index contributed by atoms with van der Waals surface area (Å²) in [5.41, 5.74) is 3.70. The highest BCUT2D eigenvalue weighted by Gasteiger charge is 2.15. The first-order valence-electron chi connectivity index (χ1n) is 9.25. The molecule has 0 unspecified atom stereocenters. The Labute approximate surface area is 184 Å². The molecule has 3 aromatic rings. The highest BCUT2D eigenvalue weighted by Crippen LogP contribution is 2.18. The average molecular weight is 444 g/mol. The van der Waals surface area contributed by atoms with Gasteiger partial charge in [0.2, 0.25) is 11.8 Å². The Morgan fingerprint density at radius 1 is 0.967 bits per heavy atom. The van der Waals surface area contributed by atoms with Crippen LogP contribution in [0.1, 0.15) is 17.0 Å². The summed E-state index contributed by atoms with van der Waals surface area (Å²) in [5.74, 6) is 0.353. The molecule has 0 fully saturated rings. The van der Waals surface area contributed by atoms with Gasteiger partial charge in [-0.3, -0.25) is 9.59 Å². The maximum Gasteiger partial charge on any atom is 0.234 e. The molecule has 156 valence electrons. The quantitative estimate of drug-likeness (QED) is 0.539. The number of halogens is 1. The first-order chi connectivity index (χ1) is 14.3. The lowest BCUT2D eigenvalue weighted by Gasteiger charge is -2.08. The fourth-order valence-corrected chi connectivity index (χ4v) is 3.51. The van der Waals surface area contributed by atoms with Crippen molar-refractivity contribution in [3.63, 3.8) is 0 Å². The molecule has 9 heteroatoms. The summed E-state index contributed by atoms with van der Waals surface area (Å²) in [6.07, 6.45) is 0.0912. The molecule has 0 aliphatic carbocycles. The standard InChI is InChI=1S/C21H22ClN5O2S/c1-13-4-7-17(10-14(13)2)24-19(28)11-18-25-26-21(27(18)3)30-12-20(29)23-16-8-5-15(22)6-9-16/h4-10H,11-12H2,1-3H3,(H,23,29)(H,24,28). The van der Waals surface area contributed by atoms with E-state index in [4.69, 9.17) is 11.6 Å². The van der Waals surface area contributed by atoms with Gasteiger partial charge in [0, 0.05) is 23.4 Å². The molecule has 0 atom stereocenters. The zero-order valence-electron chi connectivity index (χ0n) is 16.9. The lowest BCUT2D eigenvalue weighted by atomic mass is 10.1. The number of carbonyl (C=O) groups is 2. The zero-order valence-corrected chi connectivity index (χ0v) is 18.5. The SMILES string of the molecule is Cc1ccc(NC(=O)Cc2nnc(SCC(=O)Nc3ccc(Cl)cc3)n2C)cc1C. The Kier molecular flexibility index (Phi) is 7.12. The van der Waals surface area contributed by atoms with E-state index in [2.05, 4.69) is 20.8 Å². The van der Waals surface area contributed by atoms with Crippen molar-refractivity contribution in [3.8, 4) is 0 Å². The number of thioether (sulfide) groups is 1. The first kappa shape index (κ1) is 21.9. The minimum Gasteiger partial charge on any atom is -0.326 e. The van der Waals surface area contributed by atoms with E-state index >= 15 is 0 Å². The Morgan fingerprint density at radius 3 is 2.33 bits per heavy atom. The lowest BCUT2D eigenvalue weighted by molar-refractivity contribution is -0.116. The normalized spacial score (nSPS) is 10.7. The van der Waals surface area contributed by atoms with Crippen LogP contribution in [0, 0.1) is 13.8 Å². The minimum atomic E-state index is -0.175. The van der Waals surface area contributed by atoms with Gasteiger partial charge in [0.15, 0.2) is 5.16 Å². The van der Waals surface area contributed by atoms with Crippen molar-refractivity contribution in [2.24, 2.45) is 7.05 Å². The average Bonchev–Trinajstić information content (AvgIpc) is 3.04. The summed E-state index contributed by atoms with van der Waals surface area (Å²) in [6, 6.07) is 12.7. The van der Waals surface area contributed by atoms with Crippen molar-refractivity contribution in [3.05, 3.63) is 64.4 Å². The molecule has 0 saturated heterocycles. The van der Waals surface area contributed by atoms with E-state index in [9.17, 15) is 9.59 Å². The molecule has 0 aliphatic heterocycles. The van der Waals surface area contributed by atoms with Gasteiger partial charge in [-0.2, -0.15) is 0 Å². The third kappa shape index (κ3) is 5.84. The summed E-state index contributed by atoms with van der Waals surface area (Å²) in [4.78, 5) is 24.5. The fourth-order valence-electron chi connectivity index (χ4n) is 2.65. The number of rotatable bonds is 7. The van der Waals surface area contributed by atoms with Gasteiger partial charge in [0.05, 0.1) is 12.2 Å². The zero-order chi connectivity index (χ0) is 21.7. The molecular formula is C21H22ClN5O2S. The maximum atomic E-state index is 12.4. The summed E-state index contributed by atoms with van der Waals surface area (Å²) < 4.78 is 1.72. The lowest BCUT2D eigenvalue weighted by Crippen LogP contribution is -2.17. The van der Waals surface area contributed by atoms with Gasteiger partial charge in [0.25, 0.3) is 0 Å². The van der Waals surface area contributed by atoms with Gasteiger partial charge in [-0.1, -0.05) is 29.4 Å². The molecule has 2 aromatic carbocycles. The van der Waals surface area contributed by atoms with E-state index < -0.39 is 0 Å². The van der Waals surface area contributed by atoms with E-state index in [1.807, 2.05) is 32.0 Å². The van der Waals surface area contributed by atoms with E-state index in [1.54, 1.807) is 35.9 Å². The molecule has 2 amide bonds. The highest BCUT2D eigenvalue weighted by atomic mass is 35.5. The van der Waals surface area contributed by atoms with Crippen LogP contribution >= 0.6 is 23.4 Å². The van der Waals surface area contributed by atoms with Gasteiger partial charge >= 0.3 is 0 Å². The number of nitrogens with zero attached hydrogens (tertiary/aromatic N) is 3. The van der Waals surface area contributed by atoms with Crippen LogP contribution in [-0.2, 0) is 23.1 Å². The van der Waals surface area contributed by atoms with Crippen molar-refractivity contribution in [2.45, 2.75) is 25.4 Å². The number of aryl methyl sites for hydroxylation is 2. The molecule has 7 nitrogen and oxygen atoms in total. The van der Waals surface area contributed by atoms with Crippen LogP contribution in [0.15, 0.2) is 47.6 Å². The van der Waals surface area contributed by atoms with Gasteiger partial charge in [0.1, 0.15) is 5.82 Å². The third-order valence-corrected chi connectivity index (χ3v) is 5.77. The van der Waals surface area contributed by atoms with Gasteiger partial charge in [-0.05, 0) is 61.4 Å². The van der Waals surface area contributed by atoms with E-state index in [0.717, 1.165) is 11.3 Å². The molecule has 0 aliphatic rings. The largest absolute Gasteiger partial charge is 0.326 e. The molecule has 0 saturated carbocycles. The van der Waals surface area contributed by atoms with Crippen molar-refractivity contribution in [1.29, 1.82) is 0 Å². The first-order valence-corrected chi connectivity index (χ1v) is 10.6.